The first-order chi connectivity index (χ1) is 8.97. The summed E-state index contributed by atoms with van der Waals surface area (Å²) < 4.78 is 0. The third-order valence-corrected chi connectivity index (χ3v) is 5.47. The van der Waals surface area contributed by atoms with Gasteiger partial charge in [0.1, 0.15) is 0 Å². The average Bonchev–Trinajstić information content (AvgIpc) is 2.39. The molecule has 1 heterocycles. The smallest absolute Gasteiger partial charge is 0.0195 e. The molecule has 1 aliphatic heterocycles. The fourth-order valence-corrected chi connectivity index (χ4v) is 3.96. The first kappa shape index (κ1) is 15.3. The van der Waals surface area contributed by atoms with Gasteiger partial charge in [-0.15, -0.1) is 0 Å². The van der Waals surface area contributed by atoms with Crippen molar-refractivity contribution >= 4 is 0 Å². The summed E-state index contributed by atoms with van der Waals surface area (Å²) in [6.07, 6.45) is 9.84. The lowest BCUT2D eigenvalue weighted by molar-refractivity contribution is 0.103. The van der Waals surface area contributed by atoms with Crippen molar-refractivity contribution in [1.29, 1.82) is 0 Å². The van der Waals surface area contributed by atoms with Gasteiger partial charge >= 0.3 is 0 Å². The predicted molar refractivity (Wildman–Crippen MR) is 83.5 cm³/mol. The minimum absolute atomic E-state index is 0.508. The number of piperidine rings is 1. The minimum atomic E-state index is 0.508. The summed E-state index contributed by atoms with van der Waals surface area (Å²) >= 11 is 0. The maximum absolute atomic E-state index is 3.68. The van der Waals surface area contributed by atoms with Crippen LogP contribution < -0.4 is 5.32 Å². The summed E-state index contributed by atoms with van der Waals surface area (Å²) in [4.78, 5) is 2.64. The van der Waals surface area contributed by atoms with E-state index in [9.17, 15) is 0 Å². The quantitative estimate of drug-likeness (QED) is 0.838. The van der Waals surface area contributed by atoms with Crippen LogP contribution in [-0.4, -0.2) is 37.1 Å². The first-order valence-electron chi connectivity index (χ1n) is 8.40. The molecule has 0 aromatic carbocycles. The molecule has 0 amide bonds. The second-order valence-electron chi connectivity index (χ2n) is 7.96. The summed E-state index contributed by atoms with van der Waals surface area (Å²) in [6, 6.07) is 1.58. The molecular formula is C17H34N2. The van der Waals surface area contributed by atoms with Gasteiger partial charge in [-0.05, 0) is 63.5 Å². The molecule has 1 atom stereocenters. The van der Waals surface area contributed by atoms with Crippen LogP contribution in [-0.2, 0) is 0 Å². The lowest BCUT2D eigenvalue weighted by atomic mass is 9.71. The highest BCUT2D eigenvalue weighted by Crippen LogP contribution is 2.38. The van der Waals surface area contributed by atoms with E-state index in [0.717, 1.165) is 18.0 Å². The molecule has 2 heteroatoms. The van der Waals surface area contributed by atoms with Crippen LogP contribution in [0.1, 0.15) is 65.7 Å². The number of hydrogen-bond acceptors (Lipinski definition) is 2. The van der Waals surface area contributed by atoms with Gasteiger partial charge < -0.3 is 10.2 Å². The van der Waals surface area contributed by atoms with Crippen LogP contribution in [0.15, 0.2) is 0 Å². The van der Waals surface area contributed by atoms with Crippen molar-refractivity contribution in [1.82, 2.24) is 10.2 Å². The van der Waals surface area contributed by atoms with Crippen LogP contribution in [0.5, 0.6) is 0 Å². The molecule has 0 aromatic rings. The molecule has 1 N–H and O–H groups in total. The topological polar surface area (TPSA) is 15.3 Å². The summed E-state index contributed by atoms with van der Waals surface area (Å²) in [5, 5.41) is 3.68. The molecule has 112 valence electrons. The molecule has 0 radical (unpaired) electrons. The Morgan fingerprint density at radius 1 is 1.00 bits per heavy atom. The van der Waals surface area contributed by atoms with Gasteiger partial charge in [-0.2, -0.15) is 0 Å². The zero-order valence-electron chi connectivity index (χ0n) is 13.5. The van der Waals surface area contributed by atoms with Crippen LogP contribution in [0.3, 0.4) is 0 Å². The Labute approximate surface area is 120 Å². The largest absolute Gasteiger partial charge is 0.313 e. The van der Waals surface area contributed by atoms with E-state index in [-0.39, 0.29) is 0 Å². The lowest BCUT2D eigenvalue weighted by Gasteiger charge is -2.41. The lowest BCUT2D eigenvalue weighted by Crippen LogP contribution is -2.46. The molecule has 1 saturated heterocycles. The van der Waals surface area contributed by atoms with Gasteiger partial charge in [0, 0.05) is 18.6 Å². The summed E-state index contributed by atoms with van der Waals surface area (Å²) in [7, 11) is 2.35. The summed E-state index contributed by atoms with van der Waals surface area (Å²) in [6.45, 7) is 9.72. The standard InChI is InChI=1S/C17H34N2/c1-17(2,3)14-8-10-16(11-9-14)19(4)13-15-7-5-6-12-18-15/h14-16,18H,5-13H2,1-4H3. The van der Waals surface area contributed by atoms with Crippen LogP contribution >= 0.6 is 0 Å². The zero-order chi connectivity index (χ0) is 13.9. The van der Waals surface area contributed by atoms with E-state index in [1.54, 1.807) is 0 Å². The van der Waals surface area contributed by atoms with Gasteiger partial charge in [-0.1, -0.05) is 27.2 Å². The van der Waals surface area contributed by atoms with E-state index in [0.29, 0.717) is 5.41 Å². The van der Waals surface area contributed by atoms with Gasteiger partial charge in [-0.3, -0.25) is 0 Å². The molecule has 0 spiro atoms. The van der Waals surface area contributed by atoms with Gasteiger partial charge in [0.2, 0.25) is 0 Å². The van der Waals surface area contributed by atoms with Gasteiger partial charge in [0.15, 0.2) is 0 Å². The van der Waals surface area contributed by atoms with Crippen molar-refractivity contribution in [2.45, 2.75) is 77.8 Å². The highest BCUT2D eigenvalue weighted by Gasteiger charge is 2.31. The Balaban J connectivity index is 1.74. The van der Waals surface area contributed by atoms with E-state index in [2.05, 4.69) is 38.0 Å². The maximum atomic E-state index is 3.68. The Hall–Kier alpha value is -0.0800. The van der Waals surface area contributed by atoms with Crippen molar-refractivity contribution in [2.24, 2.45) is 11.3 Å². The first-order valence-corrected chi connectivity index (χ1v) is 8.40. The number of hydrogen-bond donors (Lipinski definition) is 1. The Bertz CT molecular complexity index is 255. The molecule has 1 saturated carbocycles. The van der Waals surface area contributed by atoms with Crippen molar-refractivity contribution < 1.29 is 0 Å². The number of likely N-dealkylation sites (N-methyl/N-ethyl adjacent to an activating group) is 1. The monoisotopic (exact) mass is 266 g/mol. The average molecular weight is 266 g/mol. The van der Waals surface area contributed by atoms with E-state index < -0.39 is 0 Å². The third kappa shape index (κ3) is 4.46. The third-order valence-electron chi connectivity index (χ3n) is 5.47. The Morgan fingerprint density at radius 2 is 1.68 bits per heavy atom. The molecule has 2 nitrogen and oxygen atoms in total. The number of rotatable bonds is 3. The second-order valence-corrected chi connectivity index (χ2v) is 7.96. The maximum Gasteiger partial charge on any atom is 0.0195 e. The molecule has 0 bridgehead atoms. The molecule has 2 aliphatic rings. The second kappa shape index (κ2) is 6.58. The normalized spacial score (nSPS) is 33.6. The van der Waals surface area contributed by atoms with Crippen LogP contribution in [0, 0.1) is 11.3 Å². The molecule has 0 aromatic heterocycles. The van der Waals surface area contributed by atoms with Crippen molar-refractivity contribution in [3.8, 4) is 0 Å². The van der Waals surface area contributed by atoms with Gasteiger partial charge in [0.25, 0.3) is 0 Å². The summed E-state index contributed by atoms with van der Waals surface area (Å²) in [5.74, 6) is 0.935. The van der Waals surface area contributed by atoms with Crippen LogP contribution in [0.4, 0.5) is 0 Å². The van der Waals surface area contributed by atoms with Gasteiger partial charge in [-0.25, -0.2) is 0 Å². The SMILES string of the molecule is CN(CC1CCCCN1)C1CCC(C(C)(C)C)CC1. The van der Waals surface area contributed by atoms with Crippen molar-refractivity contribution in [2.75, 3.05) is 20.1 Å². The molecule has 1 aliphatic carbocycles. The van der Waals surface area contributed by atoms with Crippen molar-refractivity contribution in [3.63, 3.8) is 0 Å². The molecule has 2 rings (SSSR count). The molecule has 1 unspecified atom stereocenters. The van der Waals surface area contributed by atoms with Crippen LogP contribution in [0.25, 0.3) is 0 Å². The Kier molecular flexibility index (Phi) is 5.30. The fourth-order valence-electron chi connectivity index (χ4n) is 3.96. The Morgan fingerprint density at radius 3 is 2.21 bits per heavy atom. The fraction of sp³-hybridized carbons (Fsp3) is 1.00. The highest BCUT2D eigenvalue weighted by molar-refractivity contribution is 4.85. The van der Waals surface area contributed by atoms with Gasteiger partial charge in [0.05, 0.1) is 0 Å². The minimum Gasteiger partial charge on any atom is -0.313 e. The summed E-state index contributed by atoms with van der Waals surface area (Å²) in [5.41, 5.74) is 0.508. The van der Waals surface area contributed by atoms with E-state index >= 15 is 0 Å². The molecule has 2 fully saturated rings. The van der Waals surface area contributed by atoms with Crippen LogP contribution in [0.2, 0.25) is 0 Å². The highest BCUT2D eigenvalue weighted by atomic mass is 15.2. The van der Waals surface area contributed by atoms with E-state index in [4.69, 9.17) is 0 Å². The number of nitrogens with zero attached hydrogens (tertiary/aromatic N) is 1. The predicted octanol–water partition coefficient (Wildman–Crippen LogP) is 3.67. The molecular weight excluding hydrogens is 232 g/mol. The van der Waals surface area contributed by atoms with E-state index in [1.807, 2.05) is 0 Å². The number of nitrogens with one attached hydrogen (secondary N) is 1. The van der Waals surface area contributed by atoms with Crippen molar-refractivity contribution in [3.05, 3.63) is 0 Å². The zero-order valence-corrected chi connectivity index (χ0v) is 13.5. The molecule has 19 heavy (non-hydrogen) atoms. The van der Waals surface area contributed by atoms with E-state index in [1.165, 1.54) is 58.0 Å².